The number of aliphatic hydroxyl groups excluding tert-OH is 1. The van der Waals surface area contributed by atoms with Crippen molar-refractivity contribution in [3.05, 3.63) is 35.2 Å². The molecule has 0 atom stereocenters. The number of carbonyl (C=O) groups is 1. The Bertz CT molecular complexity index is 649. The van der Waals surface area contributed by atoms with Crippen LogP contribution in [0.5, 0.6) is 0 Å². The van der Waals surface area contributed by atoms with Crippen molar-refractivity contribution >= 4 is 48.8 Å². The molecule has 6 nitrogen and oxygen atoms in total. The third-order valence-corrected chi connectivity index (χ3v) is 3.86. The second-order valence-corrected chi connectivity index (χ2v) is 5.49. The van der Waals surface area contributed by atoms with E-state index in [0.29, 0.717) is 35.0 Å². The van der Waals surface area contributed by atoms with E-state index in [1.807, 2.05) is 6.92 Å². The normalized spacial score (nSPS) is 10.3. The lowest BCUT2D eigenvalue weighted by atomic mass is 10.2. The summed E-state index contributed by atoms with van der Waals surface area (Å²) in [7, 11) is 0. The average Bonchev–Trinajstić information content (AvgIpc) is 2.58. The topological polar surface area (TPSA) is 98.3 Å². The first-order chi connectivity index (χ1) is 11.1. The summed E-state index contributed by atoms with van der Waals surface area (Å²) in [5.41, 5.74) is 8.86. The van der Waals surface area contributed by atoms with Gasteiger partial charge < -0.3 is 15.6 Å². The molecule has 2 rings (SSSR count). The van der Waals surface area contributed by atoms with Gasteiger partial charge in [0.2, 0.25) is 5.91 Å². The number of alkyl halides is 2. The van der Waals surface area contributed by atoms with Crippen LogP contribution in [0.3, 0.4) is 0 Å². The minimum absolute atomic E-state index is 0.133. The van der Waals surface area contributed by atoms with Crippen LogP contribution >= 0.6 is 31.9 Å². The Morgan fingerprint density at radius 2 is 1.83 bits per heavy atom. The number of aliphatic hydroxyl groups is 1. The summed E-state index contributed by atoms with van der Waals surface area (Å²) < 4.78 is 4.73. The summed E-state index contributed by atoms with van der Waals surface area (Å²) in [6.07, 6.45) is 0. The number of nitrogens with zero attached hydrogens (tertiary/aromatic N) is 2. The van der Waals surface area contributed by atoms with Gasteiger partial charge in [-0.15, -0.1) is 0 Å². The summed E-state index contributed by atoms with van der Waals surface area (Å²) in [5.74, 6) is -0.460. The highest BCUT2D eigenvalue weighted by Crippen LogP contribution is 2.18. The zero-order valence-corrected chi connectivity index (χ0v) is 15.9. The molecule has 0 saturated heterocycles. The standard InChI is InChI=1S/C11H9Br2N3O.C4H10O2/c12-4-9-10(5-13)16-8-3-6(11(14)17)1-2-7(8)15-9;1-2-6-4-3-5/h1-3H,4-5H2,(H2,14,17);5H,2-4H2,1H3. The molecule has 126 valence electrons. The third kappa shape index (κ3) is 6.14. The number of hydrogen-bond donors (Lipinski definition) is 2. The van der Waals surface area contributed by atoms with Gasteiger partial charge in [0, 0.05) is 22.8 Å². The predicted molar refractivity (Wildman–Crippen MR) is 96.9 cm³/mol. The van der Waals surface area contributed by atoms with E-state index in [0.717, 1.165) is 16.9 Å². The smallest absolute Gasteiger partial charge is 0.248 e. The predicted octanol–water partition coefficient (Wildman–Crippen LogP) is 2.53. The third-order valence-electron chi connectivity index (χ3n) is 2.80. The first-order valence-corrected chi connectivity index (χ1v) is 9.21. The summed E-state index contributed by atoms with van der Waals surface area (Å²) in [5, 5.41) is 9.34. The van der Waals surface area contributed by atoms with Crippen molar-refractivity contribution in [3.63, 3.8) is 0 Å². The van der Waals surface area contributed by atoms with Crippen LogP contribution in [-0.4, -0.2) is 40.8 Å². The van der Waals surface area contributed by atoms with Crippen LogP contribution in [0.25, 0.3) is 11.0 Å². The van der Waals surface area contributed by atoms with Crippen LogP contribution in [0.1, 0.15) is 28.7 Å². The molecule has 0 aliphatic carbocycles. The van der Waals surface area contributed by atoms with E-state index in [1.165, 1.54) is 0 Å². The molecule has 2 aromatic rings. The molecular weight excluding hydrogens is 430 g/mol. The van der Waals surface area contributed by atoms with Crippen molar-refractivity contribution in [2.24, 2.45) is 5.73 Å². The van der Waals surface area contributed by atoms with Gasteiger partial charge in [-0.05, 0) is 25.1 Å². The Morgan fingerprint density at radius 1 is 1.22 bits per heavy atom. The van der Waals surface area contributed by atoms with Gasteiger partial charge in [0.05, 0.1) is 35.6 Å². The first-order valence-electron chi connectivity index (χ1n) is 6.97. The molecule has 0 unspecified atom stereocenters. The van der Waals surface area contributed by atoms with Crippen LogP contribution in [0.4, 0.5) is 0 Å². The van der Waals surface area contributed by atoms with E-state index >= 15 is 0 Å². The summed E-state index contributed by atoms with van der Waals surface area (Å²) >= 11 is 6.74. The van der Waals surface area contributed by atoms with Gasteiger partial charge in [-0.3, -0.25) is 4.79 Å². The Balaban J connectivity index is 0.000000379. The molecule has 0 aliphatic rings. The molecule has 1 heterocycles. The lowest BCUT2D eigenvalue weighted by molar-refractivity contribution is 0.100. The molecule has 8 heteroatoms. The maximum Gasteiger partial charge on any atom is 0.248 e. The molecule has 23 heavy (non-hydrogen) atoms. The van der Waals surface area contributed by atoms with Crippen LogP contribution in [0.15, 0.2) is 18.2 Å². The highest BCUT2D eigenvalue weighted by atomic mass is 79.9. The van der Waals surface area contributed by atoms with E-state index in [2.05, 4.69) is 41.8 Å². The first kappa shape index (κ1) is 20.0. The molecule has 1 aromatic heterocycles. The number of rotatable bonds is 6. The number of amides is 1. The van der Waals surface area contributed by atoms with Crippen LogP contribution < -0.4 is 5.73 Å². The molecule has 0 aliphatic heterocycles. The fourth-order valence-corrected chi connectivity index (χ4v) is 2.60. The number of nitrogens with two attached hydrogens (primary N) is 1. The maximum atomic E-state index is 11.1. The molecular formula is C15H19Br2N3O3. The van der Waals surface area contributed by atoms with Crippen molar-refractivity contribution in [2.75, 3.05) is 19.8 Å². The average molecular weight is 449 g/mol. The zero-order chi connectivity index (χ0) is 17.2. The number of halogens is 2. The molecule has 0 saturated carbocycles. The van der Waals surface area contributed by atoms with Crippen LogP contribution in [-0.2, 0) is 15.4 Å². The Hall–Kier alpha value is -1.09. The van der Waals surface area contributed by atoms with Crippen LogP contribution in [0, 0.1) is 0 Å². The maximum absolute atomic E-state index is 11.1. The summed E-state index contributed by atoms with van der Waals surface area (Å²) in [6, 6.07) is 5.08. The number of benzene rings is 1. The van der Waals surface area contributed by atoms with Crippen molar-refractivity contribution < 1.29 is 14.6 Å². The molecule has 1 amide bonds. The van der Waals surface area contributed by atoms with Gasteiger partial charge in [0.15, 0.2) is 0 Å². The van der Waals surface area contributed by atoms with Gasteiger partial charge in [-0.2, -0.15) is 0 Å². The van der Waals surface area contributed by atoms with E-state index in [9.17, 15) is 4.79 Å². The van der Waals surface area contributed by atoms with E-state index < -0.39 is 5.91 Å². The highest BCUT2D eigenvalue weighted by molar-refractivity contribution is 9.09. The fraction of sp³-hybridized carbons (Fsp3) is 0.400. The lowest BCUT2D eigenvalue weighted by Gasteiger charge is -2.06. The van der Waals surface area contributed by atoms with E-state index in [-0.39, 0.29) is 6.61 Å². The number of hydrogen-bond acceptors (Lipinski definition) is 5. The molecule has 0 spiro atoms. The number of ether oxygens (including phenoxy) is 1. The SMILES string of the molecule is CCOCCO.NC(=O)c1ccc2nc(CBr)c(CBr)nc2c1. The zero-order valence-electron chi connectivity index (χ0n) is 12.8. The summed E-state index contributed by atoms with van der Waals surface area (Å²) in [4.78, 5) is 20.0. The van der Waals surface area contributed by atoms with Gasteiger partial charge in [0.1, 0.15) is 0 Å². The molecule has 0 bridgehead atoms. The van der Waals surface area contributed by atoms with Crippen molar-refractivity contribution in [2.45, 2.75) is 17.6 Å². The van der Waals surface area contributed by atoms with Crippen LogP contribution in [0.2, 0.25) is 0 Å². The quantitative estimate of drug-likeness (QED) is 0.522. The Kier molecular flexibility index (Phi) is 9.23. The number of aromatic nitrogens is 2. The lowest BCUT2D eigenvalue weighted by Crippen LogP contribution is -2.11. The van der Waals surface area contributed by atoms with Crippen molar-refractivity contribution in [1.82, 2.24) is 9.97 Å². The fourth-order valence-electron chi connectivity index (χ4n) is 1.70. The Morgan fingerprint density at radius 3 is 2.26 bits per heavy atom. The van der Waals surface area contributed by atoms with Crippen molar-refractivity contribution in [3.8, 4) is 0 Å². The Labute approximate surface area is 151 Å². The second-order valence-electron chi connectivity index (χ2n) is 4.37. The minimum atomic E-state index is -0.460. The second kappa shape index (κ2) is 10.6. The summed E-state index contributed by atoms with van der Waals surface area (Å²) in [6.45, 7) is 3.20. The minimum Gasteiger partial charge on any atom is -0.394 e. The molecule has 3 N–H and O–H groups in total. The highest BCUT2D eigenvalue weighted by Gasteiger charge is 2.08. The number of primary amides is 1. The molecule has 0 radical (unpaired) electrons. The van der Waals surface area contributed by atoms with Crippen molar-refractivity contribution in [1.29, 1.82) is 0 Å². The number of fused-ring (bicyclic) bond motifs is 1. The van der Waals surface area contributed by atoms with Gasteiger partial charge in [-0.1, -0.05) is 31.9 Å². The van der Waals surface area contributed by atoms with E-state index in [4.69, 9.17) is 15.6 Å². The number of carbonyl (C=O) groups excluding carboxylic acids is 1. The van der Waals surface area contributed by atoms with Gasteiger partial charge in [0.25, 0.3) is 0 Å². The molecule has 0 fully saturated rings. The van der Waals surface area contributed by atoms with Gasteiger partial charge in [-0.25, -0.2) is 9.97 Å². The largest absolute Gasteiger partial charge is 0.394 e. The van der Waals surface area contributed by atoms with Gasteiger partial charge >= 0.3 is 0 Å². The molecule has 1 aromatic carbocycles. The van der Waals surface area contributed by atoms with E-state index in [1.54, 1.807) is 18.2 Å². The monoisotopic (exact) mass is 447 g/mol.